The molecule has 1 aromatic carbocycles. The first-order chi connectivity index (χ1) is 10.6. The second kappa shape index (κ2) is 7.61. The number of benzene rings is 1. The van der Waals surface area contributed by atoms with Gasteiger partial charge in [-0.2, -0.15) is 0 Å². The Labute approximate surface area is 133 Å². The SMILES string of the molecule is Cc1ccc(S[C@H](C)C(=O)O/N=C(/N)c2ccncc2)cc1. The Morgan fingerprint density at radius 2 is 1.86 bits per heavy atom. The highest BCUT2D eigenvalue weighted by molar-refractivity contribution is 8.00. The molecule has 2 aromatic rings. The zero-order valence-corrected chi connectivity index (χ0v) is 13.2. The van der Waals surface area contributed by atoms with Crippen LogP contribution in [0.15, 0.2) is 58.8 Å². The molecule has 0 aliphatic carbocycles. The summed E-state index contributed by atoms with van der Waals surface area (Å²) in [6.07, 6.45) is 3.19. The van der Waals surface area contributed by atoms with Crippen LogP contribution in [0.2, 0.25) is 0 Å². The van der Waals surface area contributed by atoms with Crippen molar-refractivity contribution in [2.75, 3.05) is 0 Å². The monoisotopic (exact) mass is 315 g/mol. The van der Waals surface area contributed by atoms with E-state index in [0.29, 0.717) is 5.56 Å². The van der Waals surface area contributed by atoms with E-state index < -0.39 is 5.97 Å². The van der Waals surface area contributed by atoms with Crippen molar-refractivity contribution in [1.29, 1.82) is 0 Å². The highest BCUT2D eigenvalue weighted by atomic mass is 32.2. The fourth-order valence-corrected chi connectivity index (χ4v) is 2.45. The van der Waals surface area contributed by atoms with E-state index in [4.69, 9.17) is 10.6 Å². The third kappa shape index (κ3) is 4.60. The highest BCUT2D eigenvalue weighted by Crippen LogP contribution is 2.24. The van der Waals surface area contributed by atoms with E-state index in [2.05, 4.69) is 10.1 Å². The maximum Gasteiger partial charge on any atom is 0.348 e. The molecule has 22 heavy (non-hydrogen) atoms. The van der Waals surface area contributed by atoms with E-state index in [1.54, 1.807) is 31.5 Å². The van der Waals surface area contributed by atoms with Crippen LogP contribution in [0.4, 0.5) is 0 Å². The summed E-state index contributed by atoms with van der Waals surface area (Å²) < 4.78 is 0. The quantitative estimate of drug-likeness (QED) is 0.302. The first-order valence-corrected chi connectivity index (χ1v) is 7.62. The minimum absolute atomic E-state index is 0.142. The molecule has 2 rings (SSSR count). The summed E-state index contributed by atoms with van der Waals surface area (Å²) in [7, 11) is 0. The van der Waals surface area contributed by atoms with Gasteiger partial charge < -0.3 is 10.6 Å². The van der Waals surface area contributed by atoms with Crippen LogP contribution in [0.5, 0.6) is 0 Å². The lowest BCUT2D eigenvalue weighted by Crippen LogP contribution is -2.19. The van der Waals surface area contributed by atoms with Crippen LogP contribution in [0.25, 0.3) is 0 Å². The maximum atomic E-state index is 11.9. The van der Waals surface area contributed by atoms with E-state index >= 15 is 0 Å². The number of amidine groups is 1. The lowest BCUT2D eigenvalue weighted by Gasteiger charge is -2.08. The summed E-state index contributed by atoms with van der Waals surface area (Å²) >= 11 is 1.41. The van der Waals surface area contributed by atoms with Gasteiger partial charge in [-0.15, -0.1) is 11.8 Å². The predicted molar refractivity (Wildman–Crippen MR) is 87.6 cm³/mol. The number of carbonyl (C=O) groups is 1. The molecule has 5 nitrogen and oxygen atoms in total. The number of hydrogen-bond donors (Lipinski definition) is 1. The van der Waals surface area contributed by atoms with Gasteiger partial charge in [-0.3, -0.25) is 4.98 Å². The van der Waals surface area contributed by atoms with Crippen molar-refractivity contribution in [3.05, 3.63) is 59.9 Å². The standard InChI is InChI=1S/C16H17N3O2S/c1-11-3-5-14(6-4-11)22-12(2)16(20)21-19-15(17)13-7-9-18-10-8-13/h3-10,12H,1-2H3,(H2,17,19)/t12-/m1/s1. The summed E-state index contributed by atoms with van der Waals surface area (Å²) in [5.74, 6) is -0.300. The van der Waals surface area contributed by atoms with Gasteiger partial charge >= 0.3 is 5.97 Å². The maximum absolute atomic E-state index is 11.9. The Kier molecular flexibility index (Phi) is 5.55. The highest BCUT2D eigenvalue weighted by Gasteiger charge is 2.16. The van der Waals surface area contributed by atoms with Gasteiger partial charge in [0, 0.05) is 22.9 Å². The van der Waals surface area contributed by atoms with Crippen LogP contribution in [0.3, 0.4) is 0 Å². The number of rotatable bonds is 5. The molecule has 0 saturated heterocycles. The Balaban J connectivity index is 1.92. The number of aryl methyl sites for hydroxylation is 1. The average Bonchev–Trinajstić information content (AvgIpc) is 2.55. The number of nitrogens with zero attached hydrogens (tertiary/aromatic N) is 2. The molecule has 2 N–H and O–H groups in total. The van der Waals surface area contributed by atoms with Gasteiger partial charge in [0.15, 0.2) is 5.84 Å². The fourth-order valence-electron chi connectivity index (χ4n) is 1.61. The first kappa shape index (κ1) is 16.0. The molecule has 1 aromatic heterocycles. The zero-order chi connectivity index (χ0) is 15.9. The molecule has 0 fully saturated rings. The summed E-state index contributed by atoms with van der Waals surface area (Å²) in [5.41, 5.74) is 7.58. The normalized spacial score (nSPS) is 12.7. The van der Waals surface area contributed by atoms with Crippen molar-refractivity contribution in [2.24, 2.45) is 10.9 Å². The number of pyridine rings is 1. The number of carbonyl (C=O) groups excluding carboxylic acids is 1. The van der Waals surface area contributed by atoms with Gasteiger partial charge in [0.05, 0.1) is 0 Å². The number of thioether (sulfide) groups is 1. The van der Waals surface area contributed by atoms with Gasteiger partial charge in [0.2, 0.25) is 0 Å². The lowest BCUT2D eigenvalue weighted by molar-refractivity contribution is -0.142. The third-order valence-corrected chi connectivity index (χ3v) is 3.97. The Bertz CT molecular complexity index is 657. The van der Waals surface area contributed by atoms with E-state index in [1.165, 1.54) is 17.3 Å². The first-order valence-electron chi connectivity index (χ1n) is 6.74. The topological polar surface area (TPSA) is 77.6 Å². The summed E-state index contributed by atoms with van der Waals surface area (Å²) in [6.45, 7) is 3.79. The summed E-state index contributed by atoms with van der Waals surface area (Å²) in [4.78, 5) is 21.7. The molecule has 0 amide bonds. The Hall–Kier alpha value is -2.34. The molecule has 0 bridgehead atoms. The Morgan fingerprint density at radius 3 is 2.50 bits per heavy atom. The van der Waals surface area contributed by atoms with E-state index in [9.17, 15) is 4.79 Å². The molecule has 0 spiro atoms. The second-order valence-corrected chi connectivity index (χ2v) is 6.11. The van der Waals surface area contributed by atoms with Crippen molar-refractivity contribution in [3.63, 3.8) is 0 Å². The Morgan fingerprint density at radius 1 is 1.23 bits per heavy atom. The van der Waals surface area contributed by atoms with E-state index in [1.807, 2.05) is 31.2 Å². The minimum atomic E-state index is -0.442. The average molecular weight is 315 g/mol. The molecule has 1 heterocycles. The van der Waals surface area contributed by atoms with Crippen molar-refractivity contribution in [2.45, 2.75) is 24.0 Å². The number of hydrogen-bond acceptors (Lipinski definition) is 5. The second-order valence-electron chi connectivity index (χ2n) is 4.70. The molecular weight excluding hydrogens is 298 g/mol. The van der Waals surface area contributed by atoms with Crippen molar-refractivity contribution >= 4 is 23.6 Å². The van der Waals surface area contributed by atoms with Crippen molar-refractivity contribution in [1.82, 2.24) is 4.98 Å². The minimum Gasteiger partial charge on any atom is -0.380 e. The van der Waals surface area contributed by atoms with Gasteiger partial charge in [0.25, 0.3) is 0 Å². The fraction of sp³-hybridized carbons (Fsp3) is 0.188. The number of aromatic nitrogens is 1. The molecule has 0 unspecified atom stereocenters. The van der Waals surface area contributed by atoms with Crippen molar-refractivity contribution < 1.29 is 9.63 Å². The van der Waals surface area contributed by atoms with Crippen LogP contribution in [-0.4, -0.2) is 22.0 Å². The predicted octanol–water partition coefficient (Wildman–Crippen LogP) is 2.73. The summed E-state index contributed by atoms with van der Waals surface area (Å²) in [6, 6.07) is 11.3. The molecule has 0 aliphatic heterocycles. The van der Waals surface area contributed by atoms with E-state index in [-0.39, 0.29) is 11.1 Å². The zero-order valence-electron chi connectivity index (χ0n) is 12.4. The van der Waals surface area contributed by atoms with Gasteiger partial charge in [-0.05, 0) is 38.1 Å². The van der Waals surface area contributed by atoms with Crippen molar-refractivity contribution in [3.8, 4) is 0 Å². The van der Waals surface area contributed by atoms with Crippen LogP contribution < -0.4 is 5.73 Å². The number of nitrogens with two attached hydrogens (primary N) is 1. The molecular formula is C16H17N3O2S. The lowest BCUT2D eigenvalue weighted by atomic mass is 10.2. The number of oxime groups is 1. The third-order valence-electron chi connectivity index (χ3n) is 2.88. The van der Waals surface area contributed by atoms with Crippen LogP contribution in [-0.2, 0) is 9.63 Å². The molecule has 0 radical (unpaired) electrons. The van der Waals surface area contributed by atoms with Crippen LogP contribution in [0.1, 0.15) is 18.1 Å². The largest absolute Gasteiger partial charge is 0.380 e. The van der Waals surface area contributed by atoms with Gasteiger partial charge in [0.1, 0.15) is 5.25 Å². The van der Waals surface area contributed by atoms with Crippen LogP contribution in [0, 0.1) is 6.92 Å². The molecule has 1 atom stereocenters. The smallest absolute Gasteiger partial charge is 0.348 e. The van der Waals surface area contributed by atoms with Gasteiger partial charge in [-0.25, -0.2) is 4.79 Å². The molecule has 0 aliphatic rings. The van der Waals surface area contributed by atoms with Crippen LogP contribution >= 0.6 is 11.8 Å². The molecule has 114 valence electrons. The molecule has 0 saturated carbocycles. The van der Waals surface area contributed by atoms with Gasteiger partial charge in [-0.1, -0.05) is 22.9 Å². The molecule has 6 heteroatoms. The van der Waals surface area contributed by atoms with E-state index in [0.717, 1.165) is 4.90 Å². The summed E-state index contributed by atoms with van der Waals surface area (Å²) in [5, 5.41) is 3.30.